The summed E-state index contributed by atoms with van der Waals surface area (Å²) in [6.45, 7) is 5.40. The predicted molar refractivity (Wildman–Crippen MR) is 84.1 cm³/mol. The van der Waals surface area contributed by atoms with Gasteiger partial charge in [0.1, 0.15) is 22.0 Å². The van der Waals surface area contributed by atoms with Gasteiger partial charge >= 0.3 is 6.09 Å². The van der Waals surface area contributed by atoms with Gasteiger partial charge in [-0.15, -0.1) is 0 Å². The monoisotopic (exact) mass is 350 g/mol. The molecule has 0 radical (unpaired) electrons. The Morgan fingerprint density at radius 1 is 1.36 bits per heavy atom. The molecule has 0 aliphatic carbocycles. The van der Waals surface area contributed by atoms with Crippen LogP contribution in [0.25, 0.3) is 0 Å². The number of nitrogens with one attached hydrogen (secondary N) is 1. The van der Waals surface area contributed by atoms with Gasteiger partial charge in [-0.1, -0.05) is 29.3 Å². The van der Waals surface area contributed by atoms with E-state index in [2.05, 4.69) is 10.3 Å². The minimum Gasteiger partial charge on any atom is -0.444 e. The molecule has 1 amide bonds. The lowest BCUT2D eigenvalue weighted by molar-refractivity contribution is 0.0122. The maximum atomic E-state index is 11.4. The molecule has 2 atom stereocenters. The summed E-state index contributed by atoms with van der Waals surface area (Å²) >= 11 is 11.5. The number of aromatic nitrogens is 1. The Balaban J connectivity index is 2.48. The van der Waals surface area contributed by atoms with E-state index in [0.29, 0.717) is 0 Å². The van der Waals surface area contributed by atoms with Crippen LogP contribution in [-0.4, -0.2) is 39.5 Å². The number of amides is 1. The number of rotatable bonds is 5. The Morgan fingerprint density at radius 3 is 2.55 bits per heavy atom. The number of alkyl carbamates (subject to hydrolysis) is 1. The molecule has 0 bridgehead atoms. The molecule has 1 rings (SSSR count). The van der Waals surface area contributed by atoms with E-state index in [0.717, 1.165) is 0 Å². The van der Waals surface area contributed by atoms with Crippen LogP contribution in [0.3, 0.4) is 0 Å². The highest BCUT2D eigenvalue weighted by Crippen LogP contribution is 2.26. The van der Waals surface area contributed by atoms with Gasteiger partial charge in [0.05, 0.1) is 6.10 Å². The van der Waals surface area contributed by atoms with E-state index >= 15 is 0 Å². The van der Waals surface area contributed by atoms with Crippen LogP contribution in [0.2, 0.25) is 10.3 Å². The molecular weight excluding hydrogens is 331 g/mol. The summed E-state index contributed by atoms with van der Waals surface area (Å²) in [5, 5.41) is 22.7. The molecule has 0 aliphatic heterocycles. The van der Waals surface area contributed by atoms with Crippen LogP contribution in [0, 0.1) is 0 Å². The Hall–Kier alpha value is -1.08. The van der Waals surface area contributed by atoms with Crippen molar-refractivity contribution in [2.45, 2.75) is 45.0 Å². The van der Waals surface area contributed by atoms with Crippen molar-refractivity contribution in [3.8, 4) is 0 Å². The third-order valence-electron chi connectivity index (χ3n) is 2.64. The molecule has 1 heterocycles. The summed E-state index contributed by atoms with van der Waals surface area (Å²) in [5.41, 5.74) is -0.319. The van der Waals surface area contributed by atoms with Crippen LogP contribution >= 0.6 is 23.2 Å². The number of carbonyl (C=O) groups excluding carboxylic acids is 1. The van der Waals surface area contributed by atoms with E-state index in [-0.39, 0.29) is 28.8 Å². The zero-order valence-electron chi connectivity index (χ0n) is 12.6. The molecular formula is C14H20Cl2N2O4. The molecule has 0 saturated carbocycles. The van der Waals surface area contributed by atoms with Gasteiger partial charge in [0.25, 0.3) is 0 Å². The Kier molecular flexibility index (Phi) is 6.87. The van der Waals surface area contributed by atoms with E-state index in [1.807, 2.05) is 0 Å². The zero-order valence-corrected chi connectivity index (χ0v) is 14.1. The van der Waals surface area contributed by atoms with Gasteiger partial charge in [-0.3, -0.25) is 0 Å². The fourth-order valence-corrected chi connectivity index (χ4v) is 2.10. The molecule has 1 aromatic heterocycles. The zero-order chi connectivity index (χ0) is 16.9. The number of aliphatic hydroxyl groups is 2. The largest absolute Gasteiger partial charge is 0.444 e. The second-order valence-corrected chi connectivity index (χ2v) is 6.49. The van der Waals surface area contributed by atoms with E-state index in [9.17, 15) is 15.0 Å². The van der Waals surface area contributed by atoms with Crippen LogP contribution < -0.4 is 5.32 Å². The molecule has 0 fully saturated rings. The van der Waals surface area contributed by atoms with Crippen molar-refractivity contribution < 1.29 is 19.7 Å². The minimum absolute atomic E-state index is 0.0270. The van der Waals surface area contributed by atoms with E-state index < -0.39 is 23.9 Å². The molecule has 0 spiro atoms. The van der Waals surface area contributed by atoms with E-state index in [1.54, 1.807) is 20.8 Å². The predicted octanol–water partition coefficient (Wildman–Crippen LogP) is 2.70. The lowest BCUT2D eigenvalue weighted by Crippen LogP contribution is -2.34. The molecule has 3 N–H and O–H groups in total. The average molecular weight is 351 g/mol. The lowest BCUT2D eigenvalue weighted by atomic mass is 10.0. The summed E-state index contributed by atoms with van der Waals surface area (Å²) < 4.78 is 5.06. The third kappa shape index (κ3) is 6.36. The van der Waals surface area contributed by atoms with Gasteiger partial charge in [-0.25, -0.2) is 9.78 Å². The van der Waals surface area contributed by atoms with Crippen LogP contribution in [0.15, 0.2) is 12.1 Å². The van der Waals surface area contributed by atoms with Crippen molar-refractivity contribution in [3.05, 3.63) is 28.0 Å². The first-order valence-electron chi connectivity index (χ1n) is 6.75. The highest BCUT2D eigenvalue weighted by atomic mass is 35.5. The summed E-state index contributed by atoms with van der Waals surface area (Å²) in [6, 6.07) is 2.96. The van der Waals surface area contributed by atoms with Gasteiger partial charge in [-0.05, 0) is 33.3 Å². The number of hydrogen-bond donors (Lipinski definition) is 3. The molecule has 6 nitrogen and oxygen atoms in total. The Bertz CT molecular complexity index is 520. The molecule has 0 aliphatic rings. The standard InChI is InChI=1S/C14H20Cl2N2O4/c1-14(2,3)22-13(21)17-7-6-9(19)11(20)8-4-5-10(15)18-12(8)16/h4-5,9,11,19-20H,6-7H2,1-3H3,(H,17,21). The smallest absolute Gasteiger partial charge is 0.407 e. The van der Waals surface area contributed by atoms with Crippen LogP contribution in [0.4, 0.5) is 4.79 Å². The molecule has 0 saturated heterocycles. The molecule has 8 heteroatoms. The fourth-order valence-electron chi connectivity index (χ4n) is 1.64. The Labute approximate surface area is 139 Å². The highest BCUT2D eigenvalue weighted by molar-refractivity contribution is 6.32. The van der Waals surface area contributed by atoms with Crippen molar-refractivity contribution in [3.63, 3.8) is 0 Å². The maximum absolute atomic E-state index is 11.4. The molecule has 2 unspecified atom stereocenters. The molecule has 1 aromatic rings. The SMILES string of the molecule is CC(C)(C)OC(=O)NCCC(O)C(O)c1ccc(Cl)nc1Cl. The summed E-state index contributed by atoms with van der Waals surface area (Å²) in [4.78, 5) is 15.2. The van der Waals surface area contributed by atoms with Crippen LogP contribution in [-0.2, 0) is 4.74 Å². The number of ether oxygens (including phenoxy) is 1. The number of hydrogen-bond acceptors (Lipinski definition) is 5. The van der Waals surface area contributed by atoms with Crippen molar-refractivity contribution >= 4 is 29.3 Å². The second kappa shape index (κ2) is 7.97. The third-order valence-corrected chi connectivity index (χ3v) is 3.15. The summed E-state index contributed by atoms with van der Waals surface area (Å²) in [7, 11) is 0. The molecule has 22 heavy (non-hydrogen) atoms. The number of halogens is 2. The van der Waals surface area contributed by atoms with Gasteiger partial charge in [0.15, 0.2) is 0 Å². The fraction of sp³-hybridized carbons (Fsp3) is 0.571. The summed E-state index contributed by atoms with van der Waals surface area (Å²) in [6.07, 6.45) is -2.80. The topological polar surface area (TPSA) is 91.7 Å². The maximum Gasteiger partial charge on any atom is 0.407 e. The average Bonchev–Trinajstić information content (AvgIpc) is 2.35. The Morgan fingerprint density at radius 2 is 2.00 bits per heavy atom. The second-order valence-electron chi connectivity index (χ2n) is 5.74. The van der Waals surface area contributed by atoms with Gasteiger partial charge in [0, 0.05) is 12.1 Å². The number of aliphatic hydroxyl groups excluding tert-OH is 2. The van der Waals surface area contributed by atoms with Gasteiger partial charge in [0.2, 0.25) is 0 Å². The van der Waals surface area contributed by atoms with E-state index in [1.165, 1.54) is 12.1 Å². The molecule has 0 aromatic carbocycles. The normalized spacial score (nSPS) is 14.3. The number of carbonyl (C=O) groups is 1. The van der Waals surface area contributed by atoms with Gasteiger partial charge in [-0.2, -0.15) is 0 Å². The number of pyridine rings is 1. The van der Waals surface area contributed by atoms with Crippen molar-refractivity contribution in [1.82, 2.24) is 10.3 Å². The van der Waals surface area contributed by atoms with Crippen molar-refractivity contribution in [2.24, 2.45) is 0 Å². The van der Waals surface area contributed by atoms with Crippen molar-refractivity contribution in [2.75, 3.05) is 6.54 Å². The summed E-state index contributed by atoms with van der Waals surface area (Å²) in [5.74, 6) is 0. The first kappa shape index (κ1) is 19.0. The van der Waals surface area contributed by atoms with Crippen LogP contribution in [0.1, 0.15) is 38.9 Å². The molecule has 124 valence electrons. The highest BCUT2D eigenvalue weighted by Gasteiger charge is 2.22. The number of nitrogens with zero attached hydrogens (tertiary/aromatic N) is 1. The first-order chi connectivity index (χ1) is 10.1. The van der Waals surface area contributed by atoms with Crippen molar-refractivity contribution in [1.29, 1.82) is 0 Å². The van der Waals surface area contributed by atoms with Crippen LogP contribution in [0.5, 0.6) is 0 Å². The van der Waals surface area contributed by atoms with Gasteiger partial charge < -0.3 is 20.3 Å². The minimum atomic E-state index is -1.22. The van der Waals surface area contributed by atoms with E-state index in [4.69, 9.17) is 27.9 Å². The first-order valence-corrected chi connectivity index (χ1v) is 7.50. The lowest BCUT2D eigenvalue weighted by Gasteiger charge is -2.21. The quantitative estimate of drug-likeness (QED) is 0.710.